The van der Waals surface area contributed by atoms with Crippen LogP contribution in [0.5, 0.6) is 5.88 Å². The van der Waals surface area contributed by atoms with Crippen molar-refractivity contribution in [1.29, 1.82) is 5.26 Å². The van der Waals surface area contributed by atoms with Gasteiger partial charge in [-0.05, 0) is 18.5 Å². The van der Waals surface area contributed by atoms with Gasteiger partial charge in [0.25, 0.3) is 11.8 Å². The number of likely N-dealkylation sites (tertiary alicyclic amines) is 1. The molecule has 1 atom stereocenters. The molecule has 3 rings (SSSR count). The predicted molar refractivity (Wildman–Crippen MR) is 76.3 cm³/mol. The van der Waals surface area contributed by atoms with E-state index in [9.17, 15) is 4.79 Å². The van der Waals surface area contributed by atoms with Crippen LogP contribution in [0.3, 0.4) is 0 Å². The minimum atomic E-state index is -0.200. The molecule has 1 saturated heterocycles. The van der Waals surface area contributed by atoms with Gasteiger partial charge >= 0.3 is 0 Å². The zero-order valence-electron chi connectivity index (χ0n) is 11.8. The van der Waals surface area contributed by atoms with E-state index in [2.05, 4.69) is 19.6 Å². The Kier molecular flexibility index (Phi) is 3.93. The lowest BCUT2D eigenvalue weighted by atomic mass is 10.3. The Labute approximate surface area is 130 Å². The lowest BCUT2D eigenvalue weighted by molar-refractivity contribution is 0.0775. The maximum atomic E-state index is 12.4. The molecule has 3 heterocycles. The number of aromatic nitrogens is 4. The average molecular weight is 316 g/mol. The average Bonchev–Trinajstić information content (AvgIpc) is 3.16. The topological polar surface area (TPSA) is 105 Å². The van der Waals surface area contributed by atoms with Crippen LogP contribution in [0, 0.1) is 18.3 Å². The van der Waals surface area contributed by atoms with Crippen LogP contribution in [0.1, 0.15) is 27.5 Å². The molecule has 0 N–H and O–H groups in total. The maximum absolute atomic E-state index is 12.4. The van der Waals surface area contributed by atoms with Crippen molar-refractivity contribution in [3.05, 3.63) is 28.7 Å². The summed E-state index contributed by atoms with van der Waals surface area (Å²) in [5.41, 5.74) is 0.787. The molecular weight excluding hydrogens is 304 g/mol. The highest BCUT2D eigenvalue weighted by molar-refractivity contribution is 7.07. The molecule has 1 fully saturated rings. The number of amides is 1. The second-order valence-electron chi connectivity index (χ2n) is 4.79. The molecule has 22 heavy (non-hydrogen) atoms. The van der Waals surface area contributed by atoms with E-state index in [1.54, 1.807) is 11.8 Å². The number of aryl methyl sites for hydroxylation is 1. The van der Waals surface area contributed by atoms with Crippen molar-refractivity contribution in [2.75, 3.05) is 13.1 Å². The molecule has 0 radical (unpaired) electrons. The summed E-state index contributed by atoms with van der Waals surface area (Å²) >= 11 is 1.10. The number of ether oxygens (including phenoxy) is 1. The fraction of sp³-hybridized carbons (Fsp3) is 0.385. The number of hydrogen-bond acceptors (Lipinski definition) is 8. The van der Waals surface area contributed by atoms with Crippen molar-refractivity contribution in [3.8, 4) is 11.9 Å². The molecular formula is C13H12N6O2S. The Morgan fingerprint density at radius 1 is 1.50 bits per heavy atom. The number of rotatable bonds is 3. The van der Waals surface area contributed by atoms with Gasteiger partial charge in [-0.2, -0.15) is 5.26 Å². The Bertz CT molecular complexity index is 740. The Morgan fingerprint density at radius 3 is 3.05 bits per heavy atom. The minimum absolute atomic E-state index is 0.0850. The van der Waals surface area contributed by atoms with Gasteiger partial charge in [0.05, 0.1) is 12.2 Å². The van der Waals surface area contributed by atoms with Gasteiger partial charge in [-0.25, -0.2) is 9.97 Å². The molecule has 8 nitrogen and oxygen atoms in total. The summed E-state index contributed by atoms with van der Waals surface area (Å²) < 4.78 is 9.49. The second kappa shape index (κ2) is 6.03. The Balaban J connectivity index is 1.67. The van der Waals surface area contributed by atoms with Crippen LogP contribution in [0.25, 0.3) is 0 Å². The Morgan fingerprint density at radius 2 is 2.32 bits per heavy atom. The normalized spacial score (nSPS) is 17.3. The summed E-state index contributed by atoms with van der Waals surface area (Å²) in [6, 6.07) is 1.94. The fourth-order valence-electron chi connectivity index (χ4n) is 2.23. The number of carbonyl (C=O) groups is 1. The van der Waals surface area contributed by atoms with E-state index in [1.165, 1.54) is 12.4 Å². The molecule has 2 aromatic rings. The molecule has 9 heteroatoms. The number of carbonyl (C=O) groups excluding carboxylic acids is 1. The summed E-state index contributed by atoms with van der Waals surface area (Å²) in [6.07, 6.45) is 3.39. The van der Waals surface area contributed by atoms with Gasteiger partial charge in [0.2, 0.25) is 5.69 Å². The standard InChI is InChI=1S/C13H12N6O2S/c1-8-11(22-18-17-8)13(20)19-5-2-9(7-19)21-12-10(6-14)15-3-4-16-12/h3-4,9H,2,5,7H2,1H3. The van der Waals surface area contributed by atoms with Crippen molar-refractivity contribution in [3.63, 3.8) is 0 Å². The largest absolute Gasteiger partial charge is 0.470 e. The first-order valence-corrected chi connectivity index (χ1v) is 7.42. The van der Waals surface area contributed by atoms with E-state index < -0.39 is 0 Å². The Hall–Kier alpha value is -2.60. The highest BCUT2D eigenvalue weighted by Crippen LogP contribution is 2.21. The van der Waals surface area contributed by atoms with Crippen LogP contribution in [0.2, 0.25) is 0 Å². The maximum Gasteiger partial charge on any atom is 0.267 e. The van der Waals surface area contributed by atoms with E-state index in [4.69, 9.17) is 10.00 Å². The lowest BCUT2D eigenvalue weighted by Gasteiger charge is -2.16. The summed E-state index contributed by atoms with van der Waals surface area (Å²) in [6.45, 7) is 2.79. The number of nitrogens with zero attached hydrogens (tertiary/aromatic N) is 6. The van der Waals surface area contributed by atoms with E-state index in [0.717, 1.165) is 11.5 Å². The van der Waals surface area contributed by atoms with Gasteiger partial charge in [0.15, 0.2) is 0 Å². The van der Waals surface area contributed by atoms with Crippen molar-refractivity contribution >= 4 is 17.4 Å². The van der Waals surface area contributed by atoms with E-state index in [-0.39, 0.29) is 23.6 Å². The molecule has 2 aromatic heterocycles. The zero-order chi connectivity index (χ0) is 15.5. The molecule has 0 aliphatic carbocycles. The van der Waals surface area contributed by atoms with Crippen molar-refractivity contribution < 1.29 is 9.53 Å². The van der Waals surface area contributed by atoms with E-state index >= 15 is 0 Å². The number of nitriles is 1. The van der Waals surface area contributed by atoms with Gasteiger partial charge in [0, 0.05) is 25.4 Å². The highest BCUT2D eigenvalue weighted by Gasteiger charge is 2.30. The third kappa shape index (κ3) is 2.73. The minimum Gasteiger partial charge on any atom is -0.470 e. The summed E-state index contributed by atoms with van der Waals surface area (Å²) in [7, 11) is 0. The smallest absolute Gasteiger partial charge is 0.267 e. The first-order chi connectivity index (χ1) is 10.7. The molecule has 1 amide bonds. The summed E-state index contributed by atoms with van der Waals surface area (Å²) in [4.78, 5) is 22.5. The van der Waals surface area contributed by atoms with Crippen LogP contribution in [-0.2, 0) is 0 Å². The van der Waals surface area contributed by atoms with Crippen LogP contribution in [0.15, 0.2) is 12.4 Å². The van der Waals surface area contributed by atoms with Gasteiger partial charge < -0.3 is 9.64 Å². The summed E-state index contributed by atoms with van der Waals surface area (Å²) in [5.74, 6) is 0.123. The molecule has 0 bridgehead atoms. The molecule has 112 valence electrons. The monoisotopic (exact) mass is 316 g/mol. The second-order valence-corrected chi connectivity index (χ2v) is 5.54. The number of hydrogen-bond donors (Lipinski definition) is 0. The quantitative estimate of drug-likeness (QED) is 0.824. The molecule has 1 aliphatic rings. The zero-order valence-corrected chi connectivity index (χ0v) is 12.6. The molecule has 0 spiro atoms. The first kappa shape index (κ1) is 14.3. The van der Waals surface area contributed by atoms with Crippen molar-refractivity contribution in [2.45, 2.75) is 19.4 Å². The SMILES string of the molecule is Cc1nnsc1C(=O)N1CCC(Oc2nccnc2C#N)C1. The van der Waals surface area contributed by atoms with Crippen LogP contribution in [0.4, 0.5) is 0 Å². The lowest BCUT2D eigenvalue weighted by Crippen LogP contribution is -2.31. The van der Waals surface area contributed by atoms with Gasteiger partial charge in [-0.1, -0.05) is 4.49 Å². The first-order valence-electron chi connectivity index (χ1n) is 6.65. The molecule has 0 saturated carbocycles. The molecule has 0 aromatic carbocycles. The third-order valence-electron chi connectivity index (χ3n) is 3.33. The molecule has 1 aliphatic heterocycles. The van der Waals surface area contributed by atoms with E-state index in [1.807, 2.05) is 6.07 Å². The van der Waals surface area contributed by atoms with Gasteiger partial charge in [0.1, 0.15) is 17.1 Å². The highest BCUT2D eigenvalue weighted by atomic mass is 32.1. The van der Waals surface area contributed by atoms with Gasteiger partial charge in [-0.15, -0.1) is 5.10 Å². The van der Waals surface area contributed by atoms with Crippen molar-refractivity contribution in [2.24, 2.45) is 0 Å². The van der Waals surface area contributed by atoms with E-state index in [0.29, 0.717) is 30.1 Å². The molecule has 1 unspecified atom stereocenters. The van der Waals surface area contributed by atoms with Crippen LogP contribution >= 0.6 is 11.5 Å². The van der Waals surface area contributed by atoms with Gasteiger partial charge in [-0.3, -0.25) is 4.79 Å². The fourth-order valence-corrected chi connectivity index (χ4v) is 2.85. The summed E-state index contributed by atoms with van der Waals surface area (Å²) in [5, 5.41) is 12.8. The predicted octanol–water partition coefficient (Wildman–Crippen LogP) is 0.802. The van der Waals surface area contributed by atoms with Crippen molar-refractivity contribution in [1.82, 2.24) is 24.5 Å². The van der Waals surface area contributed by atoms with Crippen LogP contribution in [-0.4, -0.2) is 49.6 Å². The van der Waals surface area contributed by atoms with Crippen LogP contribution < -0.4 is 4.74 Å². The third-order valence-corrected chi connectivity index (χ3v) is 4.14.